The number of hydrogen-bond donors (Lipinski definition) is 1. The van der Waals surface area contributed by atoms with Crippen LogP contribution < -0.4 is 5.73 Å². The fourth-order valence-corrected chi connectivity index (χ4v) is 0.295. The molecule has 0 aliphatic heterocycles. The van der Waals surface area contributed by atoms with Crippen LogP contribution in [0.2, 0.25) is 0 Å². The molecule has 2 nitrogen and oxygen atoms in total. The van der Waals surface area contributed by atoms with Gasteiger partial charge in [0.2, 0.25) is 0 Å². The number of nitrogens with zero attached hydrogens (tertiary/aromatic N) is 1. The summed E-state index contributed by atoms with van der Waals surface area (Å²) in [6, 6.07) is 0. The number of aliphatic imine (C=N–C) groups is 1. The molecule has 0 aromatic carbocycles. The van der Waals surface area contributed by atoms with Crippen LogP contribution in [0.25, 0.3) is 0 Å². The summed E-state index contributed by atoms with van der Waals surface area (Å²) in [5, 5.41) is 0. The zero-order valence-corrected chi connectivity index (χ0v) is 5.22. The maximum Gasteiger partial charge on any atom is 0.0512 e. The molecule has 8 heavy (non-hydrogen) atoms. The monoisotopic (exact) mass is 112 g/mol. The molecular formula is C6H12N2. The first kappa shape index (κ1) is 7.37. The maximum absolute atomic E-state index is 5.17. The van der Waals surface area contributed by atoms with Crippen LogP contribution in [0.1, 0.15) is 6.92 Å². The number of allylic oxidation sites excluding steroid dienone is 1. The summed E-state index contributed by atoms with van der Waals surface area (Å²) in [5.74, 6) is 0. The molecule has 0 bridgehead atoms. The Labute approximate surface area is 50.1 Å². The van der Waals surface area contributed by atoms with E-state index in [0.29, 0.717) is 13.1 Å². The highest BCUT2D eigenvalue weighted by Crippen LogP contribution is 1.77. The van der Waals surface area contributed by atoms with Crippen molar-refractivity contribution in [3.8, 4) is 0 Å². The summed E-state index contributed by atoms with van der Waals surface area (Å²) in [4.78, 5) is 3.94. The van der Waals surface area contributed by atoms with Crippen LogP contribution in [-0.2, 0) is 0 Å². The standard InChI is InChI=1S/C6H12N2/c1-6(2)5-8-4-3-7/h5H,1,3-4,7H2,2H3/b8-5-. The van der Waals surface area contributed by atoms with Gasteiger partial charge in [-0.2, -0.15) is 0 Å². The van der Waals surface area contributed by atoms with E-state index < -0.39 is 0 Å². The second kappa shape index (κ2) is 4.53. The third-order valence-electron chi connectivity index (χ3n) is 0.570. The second-order valence-electron chi connectivity index (χ2n) is 1.67. The average molecular weight is 112 g/mol. The molecule has 0 saturated heterocycles. The van der Waals surface area contributed by atoms with Gasteiger partial charge in [-0.15, -0.1) is 0 Å². The molecule has 46 valence electrons. The maximum atomic E-state index is 5.17. The van der Waals surface area contributed by atoms with E-state index in [9.17, 15) is 0 Å². The van der Waals surface area contributed by atoms with E-state index >= 15 is 0 Å². The molecule has 0 aromatic heterocycles. The fourth-order valence-electron chi connectivity index (χ4n) is 0.295. The van der Waals surface area contributed by atoms with Gasteiger partial charge in [-0.25, -0.2) is 0 Å². The van der Waals surface area contributed by atoms with Crippen LogP contribution in [0.4, 0.5) is 0 Å². The zero-order chi connectivity index (χ0) is 6.41. The van der Waals surface area contributed by atoms with Gasteiger partial charge >= 0.3 is 0 Å². The Balaban J connectivity index is 3.20. The molecule has 0 heterocycles. The van der Waals surface area contributed by atoms with Crippen LogP contribution in [0.3, 0.4) is 0 Å². The van der Waals surface area contributed by atoms with Crippen LogP contribution in [0.5, 0.6) is 0 Å². The minimum Gasteiger partial charge on any atom is -0.329 e. The normalized spacial score (nSPS) is 10.2. The van der Waals surface area contributed by atoms with E-state index in [2.05, 4.69) is 11.6 Å². The van der Waals surface area contributed by atoms with Gasteiger partial charge in [-0.05, 0) is 12.5 Å². The van der Waals surface area contributed by atoms with Gasteiger partial charge in [-0.1, -0.05) is 6.58 Å². The van der Waals surface area contributed by atoms with Crippen molar-refractivity contribution in [2.24, 2.45) is 10.7 Å². The Morgan fingerprint density at radius 1 is 1.88 bits per heavy atom. The molecule has 0 aliphatic carbocycles. The second-order valence-corrected chi connectivity index (χ2v) is 1.67. The fraction of sp³-hybridized carbons (Fsp3) is 0.500. The molecule has 0 atom stereocenters. The Hall–Kier alpha value is -0.630. The lowest BCUT2D eigenvalue weighted by molar-refractivity contribution is 0.980. The van der Waals surface area contributed by atoms with E-state index in [1.54, 1.807) is 6.21 Å². The van der Waals surface area contributed by atoms with Crippen molar-refractivity contribution in [1.82, 2.24) is 0 Å². The van der Waals surface area contributed by atoms with Crippen molar-refractivity contribution in [3.05, 3.63) is 12.2 Å². The number of hydrogen-bond acceptors (Lipinski definition) is 2. The average Bonchev–Trinajstić information content (AvgIpc) is 1.66. The van der Waals surface area contributed by atoms with Crippen molar-refractivity contribution < 1.29 is 0 Å². The lowest BCUT2D eigenvalue weighted by Crippen LogP contribution is -2.02. The first-order valence-electron chi connectivity index (χ1n) is 2.62. The van der Waals surface area contributed by atoms with Crippen LogP contribution >= 0.6 is 0 Å². The van der Waals surface area contributed by atoms with Gasteiger partial charge in [0.15, 0.2) is 0 Å². The molecule has 0 unspecified atom stereocenters. The molecule has 0 spiro atoms. The van der Waals surface area contributed by atoms with Gasteiger partial charge in [0.1, 0.15) is 0 Å². The van der Waals surface area contributed by atoms with E-state index in [4.69, 9.17) is 5.73 Å². The largest absolute Gasteiger partial charge is 0.329 e. The molecular weight excluding hydrogens is 100 g/mol. The lowest BCUT2D eigenvalue weighted by Gasteiger charge is -1.84. The van der Waals surface area contributed by atoms with Gasteiger partial charge in [0, 0.05) is 12.8 Å². The summed E-state index contributed by atoms with van der Waals surface area (Å²) in [6.07, 6.45) is 1.73. The quantitative estimate of drug-likeness (QED) is 0.533. The van der Waals surface area contributed by atoms with Crippen molar-refractivity contribution in [2.75, 3.05) is 13.1 Å². The molecule has 0 rings (SSSR count). The summed E-state index contributed by atoms with van der Waals surface area (Å²) < 4.78 is 0. The van der Waals surface area contributed by atoms with E-state index in [1.807, 2.05) is 6.92 Å². The first-order valence-corrected chi connectivity index (χ1v) is 2.62. The van der Waals surface area contributed by atoms with Crippen molar-refractivity contribution >= 4 is 6.21 Å². The smallest absolute Gasteiger partial charge is 0.0512 e. The number of rotatable bonds is 3. The minimum absolute atomic E-state index is 0.615. The molecule has 0 radical (unpaired) electrons. The Morgan fingerprint density at radius 2 is 2.50 bits per heavy atom. The molecule has 0 amide bonds. The van der Waals surface area contributed by atoms with Gasteiger partial charge in [-0.3, -0.25) is 4.99 Å². The van der Waals surface area contributed by atoms with E-state index in [0.717, 1.165) is 5.57 Å². The van der Waals surface area contributed by atoms with Crippen molar-refractivity contribution in [1.29, 1.82) is 0 Å². The SMILES string of the molecule is C=C(C)/C=N\CCN. The predicted molar refractivity (Wildman–Crippen MR) is 37.2 cm³/mol. The molecule has 0 saturated carbocycles. The summed E-state index contributed by atoms with van der Waals surface area (Å²) in [6.45, 7) is 6.86. The van der Waals surface area contributed by atoms with Gasteiger partial charge in [0.05, 0.1) is 6.54 Å². The van der Waals surface area contributed by atoms with Gasteiger partial charge in [0.25, 0.3) is 0 Å². The zero-order valence-electron chi connectivity index (χ0n) is 5.22. The molecule has 0 fully saturated rings. The highest BCUT2D eigenvalue weighted by molar-refractivity contribution is 5.76. The van der Waals surface area contributed by atoms with Gasteiger partial charge < -0.3 is 5.73 Å². The lowest BCUT2D eigenvalue weighted by atomic mass is 10.4. The Morgan fingerprint density at radius 3 is 2.88 bits per heavy atom. The van der Waals surface area contributed by atoms with Crippen LogP contribution in [-0.4, -0.2) is 19.3 Å². The highest BCUT2D eigenvalue weighted by Gasteiger charge is 1.72. The van der Waals surface area contributed by atoms with Crippen molar-refractivity contribution in [2.45, 2.75) is 6.92 Å². The highest BCUT2D eigenvalue weighted by atomic mass is 14.7. The van der Waals surface area contributed by atoms with E-state index in [1.165, 1.54) is 0 Å². The Bertz CT molecular complexity index is 94.7. The first-order chi connectivity index (χ1) is 3.77. The molecule has 0 aromatic rings. The molecule has 2 heteroatoms. The van der Waals surface area contributed by atoms with E-state index in [-0.39, 0.29) is 0 Å². The molecule has 0 aliphatic rings. The number of nitrogens with two attached hydrogens (primary N) is 1. The summed E-state index contributed by atoms with van der Waals surface area (Å²) in [7, 11) is 0. The third kappa shape index (κ3) is 5.37. The summed E-state index contributed by atoms with van der Waals surface area (Å²) >= 11 is 0. The van der Waals surface area contributed by atoms with Crippen LogP contribution in [0.15, 0.2) is 17.1 Å². The topological polar surface area (TPSA) is 38.4 Å². The van der Waals surface area contributed by atoms with Crippen molar-refractivity contribution in [3.63, 3.8) is 0 Å². The summed E-state index contributed by atoms with van der Waals surface area (Å²) in [5.41, 5.74) is 6.14. The predicted octanol–water partition coefficient (Wildman–Crippen LogP) is 0.592. The van der Waals surface area contributed by atoms with Crippen LogP contribution in [0, 0.1) is 0 Å². The molecule has 2 N–H and O–H groups in total. The third-order valence-corrected chi connectivity index (χ3v) is 0.570. The Kier molecular flexibility index (Phi) is 4.17. The minimum atomic E-state index is 0.615.